The maximum atomic E-state index is 12.2. The highest BCUT2D eigenvalue weighted by atomic mass is 16.1. The van der Waals surface area contributed by atoms with Crippen LogP contribution in [0.15, 0.2) is 29.1 Å². The second-order valence-electron chi connectivity index (χ2n) is 5.51. The monoisotopic (exact) mass is 308 g/mol. The van der Waals surface area contributed by atoms with Crippen LogP contribution in [-0.2, 0) is 0 Å². The third-order valence-corrected chi connectivity index (χ3v) is 3.83. The molecule has 0 aliphatic carbocycles. The molecule has 0 radical (unpaired) electrons. The van der Waals surface area contributed by atoms with Gasteiger partial charge >= 0.3 is 0 Å². The van der Waals surface area contributed by atoms with E-state index >= 15 is 0 Å². The summed E-state index contributed by atoms with van der Waals surface area (Å²) in [4.78, 5) is 17.9. The van der Waals surface area contributed by atoms with Crippen molar-refractivity contribution in [2.45, 2.75) is 6.92 Å². The van der Waals surface area contributed by atoms with Crippen molar-refractivity contribution in [3.05, 3.63) is 45.9 Å². The first kappa shape index (κ1) is 14.7. The number of nitrogens with zero attached hydrogens (tertiary/aromatic N) is 4. The van der Waals surface area contributed by atoms with Crippen LogP contribution >= 0.6 is 0 Å². The van der Waals surface area contributed by atoms with Crippen molar-refractivity contribution in [2.24, 2.45) is 0 Å². The first-order valence-corrected chi connectivity index (χ1v) is 7.02. The topological polar surface area (TPSA) is 104 Å². The SMILES string of the molecule is Cc1nn(N)c2[nH]c(=O)c(C#N)c(-c3ccc(N(C)C)cc3)c12. The van der Waals surface area contributed by atoms with Gasteiger partial charge in [0, 0.05) is 25.3 Å². The van der Waals surface area contributed by atoms with E-state index in [0.29, 0.717) is 22.3 Å². The summed E-state index contributed by atoms with van der Waals surface area (Å²) in [6.45, 7) is 1.79. The number of nitrogens with one attached hydrogen (secondary N) is 1. The van der Waals surface area contributed by atoms with Crippen LogP contribution in [0.3, 0.4) is 0 Å². The maximum absolute atomic E-state index is 12.2. The van der Waals surface area contributed by atoms with Gasteiger partial charge < -0.3 is 15.7 Å². The number of rotatable bonds is 2. The van der Waals surface area contributed by atoms with Crippen LogP contribution in [-0.4, -0.2) is 29.0 Å². The summed E-state index contributed by atoms with van der Waals surface area (Å²) in [7, 11) is 3.90. The third kappa shape index (κ3) is 2.21. The van der Waals surface area contributed by atoms with E-state index in [4.69, 9.17) is 5.84 Å². The largest absolute Gasteiger partial charge is 0.378 e. The molecule has 0 aliphatic rings. The molecule has 2 heterocycles. The molecule has 116 valence electrons. The van der Waals surface area contributed by atoms with Gasteiger partial charge in [-0.3, -0.25) is 4.79 Å². The minimum atomic E-state index is -0.474. The van der Waals surface area contributed by atoms with Crippen LogP contribution in [0, 0.1) is 18.3 Å². The van der Waals surface area contributed by atoms with Crippen molar-refractivity contribution in [3.63, 3.8) is 0 Å². The number of nitrogen functional groups attached to an aromatic ring is 1. The Bertz CT molecular complexity index is 989. The Kier molecular flexibility index (Phi) is 3.30. The zero-order chi connectivity index (χ0) is 16.7. The van der Waals surface area contributed by atoms with Crippen molar-refractivity contribution in [1.29, 1.82) is 5.26 Å². The average Bonchev–Trinajstić information content (AvgIpc) is 2.80. The molecule has 0 spiro atoms. The molecule has 3 aromatic rings. The molecule has 0 bridgehead atoms. The molecule has 0 aliphatic heterocycles. The predicted molar refractivity (Wildman–Crippen MR) is 89.7 cm³/mol. The van der Waals surface area contributed by atoms with E-state index in [1.807, 2.05) is 49.3 Å². The van der Waals surface area contributed by atoms with Gasteiger partial charge in [0.25, 0.3) is 5.56 Å². The van der Waals surface area contributed by atoms with Crippen molar-refractivity contribution < 1.29 is 0 Å². The summed E-state index contributed by atoms with van der Waals surface area (Å²) in [5.74, 6) is 5.79. The van der Waals surface area contributed by atoms with Crippen LogP contribution in [0.1, 0.15) is 11.3 Å². The predicted octanol–water partition coefficient (Wildman–Crippen LogP) is 1.35. The molecule has 0 atom stereocenters. The standard InChI is InChI=1S/C16H16N6O/c1-9-13-14(10-4-6-11(7-5-10)21(2)3)12(8-17)16(23)19-15(13)22(18)20-9/h4-7H,18H2,1-3H3,(H,19,23). The summed E-state index contributed by atoms with van der Waals surface area (Å²) in [5.41, 5.74) is 3.01. The minimum Gasteiger partial charge on any atom is -0.378 e. The third-order valence-electron chi connectivity index (χ3n) is 3.83. The van der Waals surface area contributed by atoms with Gasteiger partial charge in [-0.05, 0) is 24.6 Å². The van der Waals surface area contributed by atoms with Gasteiger partial charge in [0.15, 0.2) is 5.65 Å². The number of anilines is 1. The number of fused-ring (bicyclic) bond motifs is 1. The summed E-state index contributed by atoms with van der Waals surface area (Å²) < 4.78 is 0. The van der Waals surface area contributed by atoms with Gasteiger partial charge in [-0.15, -0.1) is 0 Å². The fraction of sp³-hybridized carbons (Fsp3) is 0.188. The van der Waals surface area contributed by atoms with E-state index in [1.165, 1.54) is 0 Å². The van der Waals surface area contributed by atoms with E-state index in [1.54, 1.807) is 6.92 Å². The molecule has 7 heteroatoms. The van der Waals surface area contributed by atoms with Gasteiger partial charge in [0.2, 0.25) is 0 Å². The van der Waals surface area contributed by atoms with Crippen LogP contribution in [0.4, 0.5) is 5.69 Å². The van der Waals surface area contributed by atoms with Crippen molar-refractivity contribution in [1.82, 2.24) is 14.9 Å². The lowest BCUT2D eigenvalue weighted by Crippen LogP contribution is -2.17. The molecular weight excluding hydrogens is 292 g/mol. The Hall–Kier alpha value is -3.27. The molecule has 0 saturated carbocycles. The first-order valence-electron chi connectivity index (χ1n) is 7.02. The van der Waals surface area contributed by atoms with Crippen molar-refractivity contribution in [3.8, 4) is 17.2 Å². The number of H-pyrrole nitrogens is 1. The first-order chi connectivity index (χ1) is 10.9. The van der Waals surface area contributed by atoms with E-state index in [2.05, 4.69) is 10.1 Å². The number of aryl methyl sites for hydroxylation is 1. The maximum Gasteiger partial charge on any atom is 0.268 e. The smallest absolute Gasteiger partial charge is 0.268 e. The Morgan fingerprint density at radius 3 is 2.52 bits per heavy atom. The second kappa shape index (κ2) is 5.18. The molecule has 1 aromatic carbocycles. The summed E-state index contributed by atoms with van der Waals surface area (Å²) >= 11 is 0. The van der Waals surface area contributed by atoms with Crippen LogP contribution < -0.4 is 16.3 Å². The number of hydrogen-bond donors (Lipinski definition) is 2. The molecule has 23 heavy (non-hydrogen) atoms. The number of aromatic nitrogens is 3. The Labute approximate surface area is 132 Å². The molecule has 0 fully saturated rings. The van der Waals surface area contributed by atoms with Gasteiger partial charge in [0.05, 0.1) is 11.1 Å². The number of benzene rings is 1. The number of nitriles is 1. The lowest BCUT2D eigenvalue weighted by Gasteiger charge is -2.13. The van der Waals surface area contributed by atoms with E-state index in [9.17, 15) is 10.1 Å². The molecule has 2 aromatic heterocycles. The number of hydrogen-bond acceptors (Lipinski definition) is 5. The lowest BCUT2D eigenvalue weighted by molar-refractivity contribution is 0.832. The molecule has 3 N–H and O–H groups in total. The highest BCUT2D eigenvalue weighted by molar-refractivity contribution is 5.97. The zero-order valence-corrected chi connectivity index (χ0v) is 13.1. The highest BCUT2D eigenvalue weighted by Gasteiger charge is 2.19. The average molecular weight is 308 g/mol. The highest BCUT2D eigenvalue weighted by Crippen LogP contribution is 2.31. The van der Waals surface area contributed by atoms with Crippen LogP contribution in [0.25, 0.3) is 22.2 Å². The van der Waals surface area contributed by atoms with Gasteiger partial charge in [-0.1, -0.05) is 12.1 Å². The Morgan fingerprint density at radius 2 is 1.96 bits per heavy atom. The Balaban J connectivity index is 2.39. The lowest BCUT2D eigenvalue weighted by atomic mass is 9.97. The fourth-order valence-electron chi connectivity index (χ4n) is 2.70. The van der Waals surface area contributed by atoms with E-state index in [0.717, 1.165) is 16.0 Å². The Morgan fingerprint density at radius 1 is 1.30 bits per heavy atom. The summed E-state index contributed by atoms with van der Waals surface area (Å²) in [5, 5.41) is 14.3. The minimum absolute atomic E-state index is 0.0613. The number of aromatic amines is 1. The van der Waals surface area contributed by atoms with Crippen LogP contribution in [0.2, 0.25) is 0 Å². The molecule has 3 rings (SSSR count). The second-order valence-corrected chi connectivity index (χ2v) is 5.51. The zero-order valence-electron chi connectivity index (χ0n) is 13.1. The molecule has 0 amide bonds. The van der Waals surface area contributed by atoms with Gasteiger partial charge in [-0.25, -0.2) is 0 Å². The quantitative estimate of drug-likeness (QED) is 0.695. The van der Waals surface area contributed by atoms with E-state index < -0.39 is 5.56 Å². The van der Waals surface area contributed by atoms with Crippen LogP contribution in [0.5, 0.6) is 0 Å². The number of nitrogens with two attached hydrogens (primary N) is 1. The molecule has 0 saturated heterocycles. The molecular formula is C16H16N6O. The molecule has 0 unspecified atom stereocenters. The van der Waals surface area contributed by atoms with Crippen molar-refractivity contribution >= 4 is 16.7 Å². The fourth-order valence-corrected chi connectivity index (χ4v) is 2.70. The van der Waals surface area contributed by atoms with E-state index in [-0.39, 0.29) is 5.56 Å². The normalized spacial score (nSPS) is 10.7. The number of pyridine rings is 1. The summed E-state index contributed by atoms with van der Waals surface area (Å²) in [6, 6.07) is 9.64. The molecule has 7 nitrogen and oxygen atoms in total. The van der Waals surface area contributed by atoms with Gasteiger partial charge in [-0.2, -0.15) is 15.2 Å². The summed E-state index contributed by atoms with van der Waals surface area (Å²) in [6.07, 6.45) is 0. The van der Waals surface area contributed by atoms with Crippen molar-refractivity contribution in [2.75, 3.05) is 24.8 Å². The van der Waals surface area contributed by atoms with Gasteiger partial charge in [0.1, 0.15) is 11.6 Å².